The van der Waals surface area contributed by atoms with Crippen LogP contribution in [0, 0.1) is 0 Å². The Labute approximate surface area is 176 Å². The number of aliphatic carboxylic acids is 2. The van der Waals surface area contributed by atoms with Gasteiger partial charge in [0.15, 0.2) is 0 Å². The van der Waals surface area contributed by atoms with Crippen molar-refractivity contribution in [2.75, 3.05) is 19.6 Å². The van der Waals surface area contributed by atoms with Gasteiger partial charge in [0.05, 0.1) is 10.0 Å². The molecule has 1 fully saturated rings. The van der Waals surface area contributed by atoms with E-state index in [0.717, 1.165) is 31.7 Å². The zero-order chi connectivity index (χ0) is 20.9. The van der Waals surface area contributed by atoms with Gasteiger partial charge in [-0.05, 0) is 50.5 Å². The predicted octanol–water partition coefficient (Wildman–Crippen LogP) is 4.06. The van der Waals surface area contributed by atoms with Gasteiger partial charge in [0, 0.05) is 24.7 Å². The number of nitrogens with one attached hydrogen (secondary N) is 1. The molecule has 2 rings (SSSR count). The highest BCUT2D eigenvalue weighted by Gasteiger charge is 2.21. The molecule has 0 atom stereocenters. The first-order valence-electron chi connectivity index (χ1n) is 9.36. The summed E-state index contributed by atoms with van der Waals surface area (Å²) in [6, 6.07) is 6.60. The number of rotatable bonds is 8. The number of nitrogens with zero attached hydrogens (tertiary/aromatic N) is 1. The average Bonchev–Trinajstić information content (AvgIpc) is 2.68. The molecule has 1 aliphatic rings. The maximum atomic E-state index is 9.55. The number of unbranched alkanes of at least 4 members (excludes halogenated alkanes) is 1. The van der Waals surface area contributed by atoms with Gasteiger partial charge in [0.25, 0.3) is 0 Å². The number of carboxylic acids is 2. The third-order valence-electron chi connectivity index (χ3n) is 4.40. The van der Waals surface area contributed by atoms with Crippen LogP contribution in [0.25, 0.3) is 0 Å². The number of hydrogen-bond acceptors (Lipinski definition) is 4. The molecule has 0 spiro atoms. The zero-order valence-corrected chi connectivity index (χ0v) is 17.5. The van der Waals surface area contributed by atoms with Crippen molar-refractivity contribution >= 4 is 35.1 Å². The van der Waals surface area contributed by atoms with Gasteiger partial charge in [0.2, 0.25) is 0 Å². The van der Waals surface area contributed by atoms with Crippen molar-refractivity contribution in [3.05, 3.63) is 46.0 Å². The van der Waals surface area contributed by atoms with E-state index in [9.17, 15) is 9.59 Å². The summed E-state index contributed by atoms with van der Waals surface area (Å²) in [5.41, 5.74) is 1.15. The predicted molar refractivity (Wildman–Crippen MR) is 112 cm³/mol. The van der Waals surface area contributed by atoms with E-state index in [4.69, 9.17) is 33.4 Å². The Hall–Kier alpha value is -1.60. The minimum atomic E-state index is -1.26. The van der Waals surface area contributed by atoms with Gasteiger partial charge < -0.3 is 15.5 Å². The Morgan fingerprint density at radius 2 is 1.79 bits per heavy atom. The summed E-state index contributed by atoms with van der Waals surface area (Å²) in [7, 11) is 0. The van der Waals surface area contributed by atoms with Crippen LogP contribution >= 0.6 is 23.2 Å². The molecule has 1 aromatic rings. The Morgan fingerprint density at radius 1 is 1.18 bits per heavy atom. The second-order valence-corrected chi connectivity index (χ2v) is 7.31. The van der Waals surface area contributed by atoms with E-state index in [1.807, 2.05) is 12.1 Å². The van der Waals surface area contributed by atoms with E-state index < -0.39 is 11.9 Å². The molecule has 0 radical (unpaired) electrons. The summed E-state index contributed by atoms with van der Waals surface area (Å²) in [6.07, 6.45) is 6.03. The number of halogens is 2. The first-order valence-corrected chi connectivity index (χ1v) is 10.1. The van der Waals surface area contributed by atoms with Gasteiger partial charge in [-0.3, -0.25) is 4.90 Å². The second-order valence-electron chi connectivity index (χ2n) is 6.53. The Balaban J connectivity index is 0.000000416. The van der Waals surface area contributed by atoms with Gasteiger partial charge in [-0.1, -0.05) is 48.7 Å². The van der Waals surface area contributed by atoms with Crippen LogP contribution < -0.4 is 5.32 Å². The minimum Gasteiger partial charge on any atom is -0.478 e. The number of carboxylic acid groups (broad SMARTS) is 2. The molecule has 1 heterocycles. The molecule has 8 heteroatoms. The summed E-state index contributed by atoms with van der Waals surface area (Å²) in [4.78, 5) is 21.7. The van der Waals surface area contributed by atoms with Crippen molar-refractivity contribution < 1.29 is 19.8 Å². The highest BCUT2D eigenvalue weighted by molar-refractivity contribution is 6.42. The average molecular weight is 431 g/mol. The van der Waals surface area contributed by atoms with E-state index in [-0.39, 0.29) is 0 Å². The van der Waals surface area contributed by atoms with E-state index in [1.54, 1.807) is 0 Å². The highest BCUT2D eigenvalue weighted by Crippen LogP contribution is 2.28. The molecule has 0 aromatic heterocycles. The van der Waals surface area contributed by atoms with E-state index in [2.05, 4.69) is 23.2 Å². The quantitative estimate of drug-likeness (QED) is 0.538. The normalized spacial score (nSPS) is 14.7. The Morgan fingerprint density at radius 3 is 2.32 bits per heavy atom. The topological polar surface area (TPSA) is 89.9 Å². The first-order chi connectivity index (χ1) is 13.3. The van der Waals surface area contributed by atoms with Crippen LogP contribution in [0.5, 0.6) is 0 Å². The smallest absolute Gasteiger partial charge is 0.328 e. The third kappa shape index (κ3) is 9.55. The largest absolute Gasteiger partial charge is 0.478 e. The molecule has 1 aromatic carbocycles. The molecule has 1 saturated heterocycles. The summed E-state index contributed by atoms with van der Waals surface area (Å²) in [5, 5.41) is 20.4. The van der Waals surface area contributed by atoms with Crippen molar-refractivity contribution in [2.45, 2.75) is 45.2 Å². The van der Waals surface area contributed by atoms with E-state index in [0.29, 0.717) is 28.2 Å². The van der Waals surface area contributed by atoms with Crippen LogP contribution in [0.1, 0.15) is 38.2 Å². The second kappa shape index (κ2) is 13.6. The third-order valence-corrected chi connectivity index (χ3v) is 5.26. The lowest BCUT2D eigenvalue weighted by Crippen LogP contribution is -2.43. The molecule has 0 amide bonds. The summed E-state index contributed by atoms with van der Waals surface area (Å²) >= 11 is 12.5. The first kappa shape index (κ1) is 24.4. The summed E-state index contributed by atoms with van der Waals surface area (Å²) in [5.74, 6) is -2.51. The molecule has 1 aliphatic heterocycles. The maximum Gasteiger partial charge on any atom is 0.328 e. The molecular weight excluding hydrogens is 403 g/mol. The van der Waals surface area contributed by atoms with Crippen molar-refractivity contribution in [3.8, 4) is 0 Å². The fraction of sp³-hybridized carbons (Fsp3) is 0.500. The van der Waals surface area contributed by atoms with Crippen molar-refractivity contribution in [1.29, 1.82) is 0 Å². The van der Waals surface area contributed by atoms with Gasteiger partial charge in [-0.15, -0.1) is 0 Å². The molecule has 0 aliphatic carbocycles. The molecule has 6 nitrogen and oxygen atoms in total. The molecule has 28 heavy (non-hydrogen) atoms. The number of piperidine rings is 1. The lowest BCUT2D eigenvalue weighted by Gasteiger charge is -2.35. The molecule has 0 bridgehead atoms. The van der Waals surface area contributed by atoms with Crippen molar-refractivity contribution in [2.24, 2.45) is 0 Å². The lowest BCUT2D eigenvalue weighted by atomic mass is 10.0. The van der Waals surface area contributed by atoms with Crippen LogP contribution in [-0.4, -0.2) is 52.7 Å². The fourth-order valence-electron chi connectivity index (χ4n) is 2.96. The number of hydrogen-bond donors (Lipinski definition) is 3. The number of carbonyl (C=O) groups is 2. The summed E-state index contributed by atoms with van der Waals surface area (Å²) in [6.45, 7) is 6.54. The van der Waals surface area contributed by atoms with Crippen LogP contribution in [-0.2, 0) is 16.1 Å². The highest BCUT2D eigenvalue weighted by atomic mass is 35.5. The van der Waals surface area contributed by atoms with Gasteiger partial charge >= 0.3 is 11.9 Å². The Bertz CT molecular complexity index is 646. The fourth-order valence-corrected chi connectivity index (χ4v) is 3.34. The van der Waals surface area contributed by atoms with Crippen LogP contribution in [0.4, 0.5) is 0 Å². The molecule has 0 unspecified atom stereocenters. The van der Waals surface area contributed by atoms with Gasteiger partial charge in [-0.2, -0.15) is 0 Å². The molecule has 3 N–H and O–H groups in total. The van der Waals surface area contributed by atoms with Crippen LogP contribution in [0.3, 0.4) is 0 Å². The summed E-state index contributed by atoms with van der Waals surface area (Å²) < 4.78 is 0. The lowest BCUT2D eigenvalue weighted by molar-refractivity contribution is -0.134. The van der Waals surface area contributed by atoms with Crippen molar-refractivity contribution in [1.82, 2.24) is 10.2 Å². The molecule has 156 valence electrons. The van der Waals surface area contributed by atoms with E-state index >= 15 is 0 Å². The van der Waals surface area contributed by atoms with Gasteiger partial charge in [-0.25, -0.2) is 9.59 Å². The van der Waals surface area contributed by atoms with E-state index in [1.165, 1.54) is 25.7 Å². The Kier molecular flexibility index (Phi) is 11.8. The standard InChI is InChI=1S/C16H24Cl2N2.C4H4O4/c1-2-3-11-20(14-7-9-19-10-8-14)12-13-5-4-6-15(17)16(13)18;5-3(6)1-2-4(7)8/h4-6,14,19H,2-3,7-12H2,1H3;1-2H,(H,5,6)(H,7,8)/b;2-1+. The number of benzene rings is 1. The maximum absolute atomic E-state index is 9.55. The molecule has 0 saturated carbocycles. The van der Waals surface area contributed by atoms with Crippen LogP contribution in [0.2, 0.25) is 10.0 Å². The minimum absolute atomic E-state index is 0.558. The zero-order valence-electron chi connectivity index (χ0n) is 16.0. The van der Waals surface area contributed by atoms with Crippen molar-refractivity contribution in [3.63, 3.8) is 0 Å². The SMILES string of the molecule is CCCCN(Cc1cccc(Cl)c1Cl)C1CCNCC1.O=C(O)/C=C/C(=O)O. The van der Waals surface area contributed by atoms with Gasteiger partial charge in [0.1, 0.15) is 0 Å². The molecular formula is C20H28Cl2N2O4. The van der Waals surface area contributed by atoms with Crippen LogP contribution in [0.15, 0.2) is 30.4 Å². The monoisotopic (exact) mass is 430 g/mol.